The number of hydrogen-bond acceptors (Lipinski definition) is 7. The lowest BCUT2D eigenvalue weighted by molar-refractivity contribution is -0.384. The van der Waals surface area contributed by atoms with Crippen LogP contribution in [0.2, 0.25) is 0 Å². The van der Waals surface area contributed by atoms with E-state index in [1.807, 2.05) is 26.2 Å². The molecule has 3 aromatic rings. The van der Waals surface area contributed by atoms with Gasteiger partial charge < -0.3 is 4.90 Å². The molecule has 146 valence electrons. The van der Waals surface area contributed by atoms with E-state index in [1.165, 1.54) is 23.7 Å². The number of nitrogens with zero attached hydrogens (tertiary/aromatic N) is 5. The summed E-state index contributed by atoms with van der Waals surface area (Å²) in [5.74, 6) is 0. The Morgan fingerprint density at radius 2 is 1.96 bits per heavy atom. The Hall–Kier alpha value is -2.91. The average molecular weight is 399 g/mol. The number of nitro groups is 1. The number of rotatable bonds is 7. The number of aromatic nitrogens is 1. The highest BCUT2D eigenvalue weighted by Gasteiger charge is 2.10. The summed E-state index contributed by atoms with van der Waals surface area (Å²) >= 11 is 1.46. The molecule has 9 heteroatoms. The van der Waals surface area contributed by atoms with E-state index in [0.29, 0.717) is 28.9 Å². The third kappa shape index (κ3) is 4.49. The Balaban J connectivity index is 1.82. The highest BCUT2D eigenvalue weighted by atomic mass is 32.1. The highest BCUT2D eigenvalue weighted by Crippen LogP contribution is 2.27. The summed E-state index contributed by atoms with van der Waals surface area (Å²) in [6, 6.07) is 9.85. The molecule has 0 unspecified atom stereocenters. The van der Waals surface area contributed by atoms with Crippen LogP contribution in [0.4, 0.5) is 17.1 Å². The van der Waals surface area contributed by atoms with Gasteiger partial charge in [0.1, 0.15) is 0 Å². The normalized spacial score (nSPS) is 11.7. The molecule has 0 fully saturated rings. The van der Waals surface area contributed by atoms with Crippen molar-refractivity contribution in [1.29, 1.82) is 0 Å². The maximum absolute atomic E-state index is 12.6. The largest absolute Gasteiger partial charge is 0.309 e. The van der Waals surface area contributed by atoms with Gasteiger partial charge in [0.25, 0.3) is 11.2 Å². The molecule has 0 bridgehead atoms. The Morgan fingerprint density at radius 1 is 1.18 bits per heavy atom. The second-order valence-corrected chi connectivity index (χ2v) is 7.83. The van der Waals surface area contributed by atoms with Gasteiger partial charge in [-0.3, -0.25) is 18.9 Å². The van der Waals surface area contributed by atoms with E-state index < -0.39 is 4.92 Å². The van der Waals surface area contributed by atoms with E-state index in [9.17, 15) is 14.9 Å². The molecule has 1 heterocycles. The van der Waals surface area contributed by atoms with Crippen molar-refractivity contribution in [3.05, 3.63) is 62.4 Å². The number of non-ortho nitro benzene ring substituents is 1. The number of aryl methyl sites for hydroxylation is 2. The fourth-order valence-corrected chi connectivity index (χ4v) is 3.79. The molecule has 0 spiro atoms. The first-order valence-electron chi connectivity index (χ1n) is 8.80. The smallest absolute Gasteiger partial charge is 0.269 e. The lowest BCUT2D eigenvalue weighted by Gasteiger charge is -2.08. The van der Waals surface area contributed by atoms with Crippen LogP contribution in [-0.4, -0.2) is 34.4 Å². The molecule has 28 heavy (non-hydrogen) atoms. The summed E-state index contributed by atoms with van der Waals surface area (Å²) in [5, 5.41) is 19.8. The summed E-state index contributed by atoms with van der Waals surface area (Å²) in [4.78, 5) is 25.1. The van der Waals surface area contributed by atoms with Gasteiger partial charge in [-0.15, -0.1) is 0 Å². The van der Waals surface area contributed by atoms with Gasteiger partial charge in [0.05, 0.1) is 26.4 Å². The quantitative estimate of drug-likeness (QED) is 0.328. The molecule has 0 atom stereocenters. The number of hydrogen-bond donors (Lipinski definition) is 0. The van der Waals surface area contributed by atoms with Crippen LogP contribution < -0.4 is 5.56 Å². The molecule has 2 aromatic carbocycles. The van der Waals surface area contributed by atoms with E-state index in [4.69, 9.17) is 0 Å². The third-order valence-corrected chi connectivity index (χ3v) is 5.38. The zero-order chi connectivity index (χ0) is 20.3. The maximum atomic E-state index is 12.6. The van der Waals surface area contributed by atoms with Crippen LogP contribution in [0.1, 0.15) is 12.0 Å². The van der Waals surface area contributed by atoms with Crippen LogP contribution >= 0.6 is 11.5 Å². The predicted octanol–water partition coefficient (Wildman–Crippen LogP) is 4.65. The van der Waals surface area contributed by atoms with E-state index in [0.717, 1.165) is 17.7 Å². The van der Waals surface area contributed by atoms with Crippen molar-refractivity contribution in [2.75, 3.05) is 20.6 Å². The van der Waals surface area contributed by atoms with Crippen molar-refractivity contribution in [2.45, 2.75) is 19.9 Å². The fraction of sp³-hybridized carbons (Fsp3) is 0.316. The van der Waals surface area contributed by atoms with Gasteiger partial charge in [-0.25, -0.2) is 0 Å². The van der Waals surface area contributed by atoms with Crippen LogP contribution in [0.5, 0.6) is 0 Å². The van der Waals surface area contributed by atoms with Crippen molar-refractivity contribution >= 4 is 38.7 Å². The Bertz CT molecular complexity index is 1100. The molecule has 0 aliphatic rings. The van der Waals surface area contributed by atoms with Crippen molar-refractivity contribution in [3.8, 4) is 0 Å². The van der Waals surface area contributed by atoms with Crippen molar-refractivity contribution in [2.24, 2.45) is 10.2 Å². The maximum Gasteiger partial charge on any atom is 0.269 e. The van der Waals surface area contributed by atoms with Crippen LogP contribution in [-0.2, 0) is 6.54 Å². The molecular weight excluding hydrogens is 378 g/mol. The molecule has 8 nitrogen and oxygen atoms in total. The van der Waals surface area contributed by atoms with Gasteiger partial charge in [0.2, 0.25) is 0 Å². The lowest BCUT2D eigenvalue weighted by Crippen LogP contribution is -2.18. The summed E-state index contributed by atoms with van der Waals surface area (Å²) in [5.41, 5.74) is 1.80. The second-order valence-electron chi connectivity index (χ2n) is 6.76. The van der Waals surface area contributed by atoms with Crippen LogP contribution in [0.15, 0.2) is 51.4 Å². The number of azo groups is 1. The molecule has 0 radical (unpaired) electrons. The van der Waals surface area contributed by atoms with Gasteiger partial charge in [-0.1, -0.05) is 11.5 Å². The van der Waals surface area contributed by atoms with Gasteiger partial charge in [-0.2, -0.15) is 10.2 Å². The zero-order valence-electron chi connectivity index (χ0n) is 16.0. The van der Waals surface area contributed by atoms with Crippen LogP contribution in [0.25, 0.3) is 10.1 Å². The Labute approximate surface area is 166 Å². The van der Waals surface area contributed by atoms with Crippen LogP contribution in [0, 0.1) is 17.0 Å². The first kappa shape index (κ1) is 19.8. The van der Waals surface area contributed by atoms with Gasteiger partial charge in [-0.05, 0) is 63.8 Å². The molecule has 0 aliphatic carbocycles. The monoisotopic (exact) mass is 399 g/mol. The molecule has 0 saturated carbocycles. The molecule has 0 aliphatic heterocycles. The average Bonchev–Trinajstić information content (AvgIpc) is 2.96. The minimum Gasteiger partial charge on any atom is -0.309 e. The van der Waals surface area contributed by atoms with E-state index in [-0.39, 0.29) is 11.2 Å². The van der Waals surface area contributed by atoms with E-state index in [1.54, 1.807) is 23.0 Å². The third-order valence-electron chi connectivity index (χ3n) is 4.26. The molecule has 0 N–H and O–H groups in total. The Morgan fingerprint density at radius 3 is 2.64 bits per heavy atom. The fourth-order valence-electron chi connectivity index (χ4n) is 2.78. The molecular formula is C19H21N5O3S. The first-order chi connectivity index (χ1) is 13.3. The predicted molar refractivity (Wildman–Crippen MR) is 111 cm³/mol. The summed E-state index contributed by atoms with van der Waals surface area (Å²) in [6.07, 6.45) is 0.908. The SMILES string of the molecule is Cc1cc([N+](=O)[O-])ccc1N=Nc1ccc2sn(CCCN(C)C)c(=O)c2c1. The summed E-state index contributed by atoms with van der Waals surface area (Å²) in [7, 11) is 4.02. The van der Waals surface area contributed by atoms with Crippen molar-refractivity contribution < 1.29 is 4.92 Å². The Kier molecular flexibility index (Phi) is 5.96. The molecule has 1 aromatic heterocycles. The number of benzene rings is 2. The van der Waals surface area contributed by atoms with Crippen molar-refractivity contribution in [3.63, 3.8) is 0 Å². The summed E-state index contributed by atoms with van der Waals surface area (Å²) in [6.45, 7) is 3.36. The standard InChI is InChI=1S/C19H21N5O3S/c1-13-11-15(24(26)27)6-7-17(13)21-20-14-5-8-18-16(12-14)19(25)23(28-18)10-4-9-22(2)3/h5-8,11-12H,4,9-10H2,1-3H3. The zero-order valence-corrected chi connectivity index (χ0v) is 16.8. The number of nitro benzene ring substituents is 1. The second kappa shape index (κ2) is 8.41. The van der Waals surface area contributed by atoms with Crippen molar-refractivity contribution in [1.82, 2.24) is 8.86 Å². The van der Waals surface area contributed by atoms with E-state index in [2.05, 4.69) is 15.1 Å². The molecule has 0 saturated heterocycles. The minimum absolute atomic E-state index is 0.0117. The van der Waals surface area contributed by atoms with Gasteiger partial charge >= 0.3 is 0 Å². The van der Waals surface area contributed by atoms with Crippen LogP contribution in [0.3, 0.4) is 0 Å². The van der Waals surface area contributed by atoms with Gasteiger partial charge in [0, 0.05) is 18.7 Å². The first-order valence-corrected chi connectivity index (χ1v) is 9.58. The topological polar surface area (TPSA) is 93.1 Å². The molecule has 3 rings (SSSR count). The van der Waals surface area contributed by atoms with Gasteiger partial charge in [0.15, 0.2) is 0 Å². The minimum atomic E-state index is -0.442. The number of fused-ring (bicyclic) bond motifs is 1. The summed E-state index contributed by atoms with van der Waals surface area (Å²) < 4.78 is 2.69. The van der Waals surface area contributed by atoms with E-state index >= 15 is 0 Å². The lowest BCUT2D eigenvalue weighted by atomic mass is 10.2. The molecule has 0 amide bonds. The highest BCUT2D eigenvalue weighted by molar-refractivity contribution is 7.13.